The molecule has 0 atom stereocenters. The highest BCUT2D eigenvalue weighted by molar-refractivity contribution is 5.57. The van der Waals surface area contributed by atoms with E-state index in [0.29, 0.717) is 18.4 Å². The lowest BCUT2D eigenvalue weighted by Crippen LogP contribution is -2.19. The molecule has 0 unspecified atom stereocenters. The minimum atomic E-state index is -0.134. The molecule has 2 aromatic rings. The van der Waals surface area contributed by atoms with Crippen LogP contribution in [0.4, 0.5) is 0 Å². The summed E-state index contributed by atoms with van der Waals surface area (Å²) in [6.45, 7) is 0.631. The fraction of sp³-hybridized carbons (Fsp3) is 0.333. The molecule has 5 nitrogen and oxygen atoms in total. The minimum Gasteiger partial charge on any atom is -0.497 e. The van der Waals surface area contributed by atoms with Gasteiger partial charge >= 0.3 is 0 Å². The number of benzene rings is 1. The van der Waals surface area contributed by atoms with E-state index in [-0.39, 0.29) is 5.56 Å². The number of nitrogens with one attached hydrogen (secondary N) is 2. The van der Waals surface area contributed by atoms with Gasteiger partial charge < -0.3 is 15.0 Å². The standard InChI is InChI=1S/C15H17N3O2/c1-20-13-4-2-3-10(7-13)15-17-12(8-14(19)18-15)9-16-11-5-6-11/h2-4,7-8,11,16H,5-6,9H2,1H3,(H,17,18,19). The van der Waals surface area contributed by atoms with Gasteiger partial charge in [0.2, 0.25) is 0 Å². The largest absolute Gasteiger partial charge is 0.497 e. The quantitative estimate of drug-likeness (QED) is 0.868. The van der Waals surface area contributed by atoms with Crippen LogP contribution in [-0.2, 0) is 6.54 Å². The lowest BCUT2D eigenvalue weighted by molar-refractivity contribution is 0.415. The summed E-state index contributed by atoms with van der Waals surface area (Å²) >= 11 is 0. The first-order valence-corrected chi connectivity index (χ1v) is 6.72. The van der Waals surface area contributed by atoms with Crippen molar-refractivity contribution in [1.29, 1.82) is 0 Å². The van der Waals surface area contributed by atoms with E-state index >= 15 is 0 Å². The van der Waals surface area contributed by atoms with Crippen LogP contribution in [0.1, 0.15) is 18.5 Å². The van der Waals surface area contributed by atoms with Gasteiger partial charge in [-0.1, -0.05) is 12.1 Å². The average molecular weight is 271 g/mol. The molecule has 1 heterocycles. The van der Waals surface area contributed by atoms with Crippen LogP contribution in [0.5, 0.6) is 5.75 Å². The number of nitrogens with zero attached hydrogens (tertiary/aromatic N) is 1. The molecule has 0 saturated heterocycles. The van der Waals surface area contributed by atoms with Crippen LogP contribution in [0.25, 0.3) is 11.4 Å². The molecule has 2 N–H and O–H groups in total. The van der Waals surface area contributed by atoms with Crippen LogP contribution < -0.4 is 15.6 Å². The third-order valence-corrected chi connectivity index (χ3v) is 3.29. The lowest BCUT2D eigenvalue weighted by atomic mass is 10.2. The van der Waals surface area contributed by atoms with Crippen LogP contribution in [0.2, 0.25) is 0 Å². The van der Waals surface area contributed by atoms with Crippen molar-refractivity contribution in [2.24, 2.45) is 0 Å². The molecule has 0 amide bonds. The van der Waals surface area contributed by atoms with E-state index in [2.05, 4.69) is 15.3 Å². The molecular weight excluding hydrogens is 254 g/mol. The predicted molar refractivity (Wildman–Crippen MR) is 76.7 cm³/mol. The van der Waals surface area contributed by atoms with Crippen molar-refractivity contribution in [3.05, 3.63) is 46.4 Å². The van der Waals surface area contributed by atoms with E-state index in [4.69, 9.17) is 4.74 Å². The number of aromatic amines is 1. The highest BCUT2D eigenvalue weighted by Gasteiger charge is 2.20. The maximum atomic E-state index is 11.7. The summed E-state index contributed by atoms with van der Waals surface area (Å²) in [5.74, 6) is 1.32. The molecule has 1 aromatic carbocycles. The van der Waals surface area contributed by atoms with E-state index in [1.165, 1.54) is 12.8 Å². The molecule has 5 heteroatoms. The molecular formula is C15H17N3O2. The third-order valence-electron chi connectivity index (χ3n) is 3.29. The highest BCUT2D eigenvalue weighted by atomic mass is 16.5. The molecule has 1 aliphatic carbocycles. The second kappa shape index (κ2) is 5.46. The minimum absolute atomic E-state index is 0.134. The van der Waals surface area contributed by atoms with Gasteiger partial charge in [-0.05, 0) is 25.0 Å². The van der Waals surface area contributed by atoms with Crippen molar-refractivity contribution in [2.45, 2.75) is 25.4 Å². The van der Waals surface area contributed by atoms with Crippen molar-refractivity contribution < 1.29 is 4.74 Å². The Bertz CT molecular complexity index is 662. The Balaban J connectivity index is 1.88. The number of methoxy groups -OCH3 is 1. The van der Waals surface area contributed by atoms with Crippen molar-refractivity contribution >= 4 is 0 Å². The molecule has 0 aliphatic heterocycles. The maximum absolute atomic E-state index is 11.7. The smallest absolute Gasteiger partial charge is 0.251 e. The van der Waals surface area contributed by atoms with E-state index in [0.717, 1.165) is 17.0 Å². The van der Waals surface area contributed by atoms with Gasteiger partial charge in [-0.15, -0.1) is 0 Å². The normalized spacial score (nSPS) is 14.2. The van der Waals surface area contributed by atoms with Crippen molar-refractivity contribution in [1.82, 2.24) is 15.3 Å². The number of ether oxygens (including phenoxy) is 1. The summed E-state index contributed by atoms with van der Waals surface area (Å²) < 4.78 is 5.19. The van der Waals surface area contributed by atoms with Gasteiger partial charge in [0.25, 0.3) is 5.56 Å². The Labute approximate surface area is 117 Å². The number of rotatable bonds is 5. The molecule has 0 bridgehead atoms. The third kappa shape index (κ3) is 3.05. The first-order valence-electron chi connectivity index (χ1n) is 6.72. The fourth-order valence-corrected chi connectivity index (χ4v) is 2.04. The van der Waals surface area contributed by atoms with Crippen LogP contribution in [-0.4, -0.2) is 23.1 Å². The highest BCUT2D eigenvalue weighted by Crippen LogP contribution is 2.21. The van der Waals surface area contributed by atoms with Crippen LogP contribution in [0.3, 0.4) is 0 Å². The second-order valence-electron chi connectivity index (χ2n) is 4.97. The van der Waals surface area contributed by atoms with Gasteiger partial charge in [-0.2, -0.15) is 0 Å². The first kappa shape index (κ1) is 12.9. The molecule has 1 aromatic heterocycles. The average Bonchev–Trinajstić information content (AvgIpc) is 3.29. The summed E-state index contributed by atoms with van der Waals surface area (Å²) in [5.41, 5.74) is 1.47. The van der Waals surface area contributed by atoms with Crippen molar-refractivity contribution in [3.8, 4) is 17.1 Å². The van der Waals surface area contributed by atoms with E-state index < -0.39 is 0 Å². The summed E-state index contributed by atoms with van der Waals surface area (Å²) in [5, 5.41) is 3.36. The Hall–Kier alpha value is -2.14. The first-order chi connectivity index (χ1) is 9.74. The van der Waals surface area contributed by atoms with Gasteiger partial charge in [-0.3, -0.25) is 4.79 Å². The number of H-pyrrole nitrogens is 1. The Morgan fingerprint density at radius 2 is 2.25 bits per heavy atom. The van der Waals surface area contributed by atoms with Gasteiger partial charge in [0.1, 0.15) is 11.6 Å². The molecule has 1 aliphatic rings. The predicted octanol–water partition coefficient (Wildman–Crippen LogP) is 1.70. The zero-order chi connectivity index (χ0) is 13.9. The lowest BCUT2D eigenvalue weighted by Gasteiger charge is -2.07. The van der Waals surface area contributed by atoms with Gasteiger partial charge in [-0.25, -0.2) is 4.98 Å². The second-order valence-corrected chi connectivity index (χ2v) is 4.97. The molecule has 104 valence electrons. The molecule has 1 saturated carbocycles. The Morgan fingerprint density at radius 1 is 1.40 bits per heavy atom. The summed E-state index contributed by atoms with van der Waals surface area (Å²) in [6, 6.07) is 9.63. The molecule has 0 spiro atoms. The van der Waals surface area contributed by atoms with Crippen LogP contribution in [0, 0.1) is 0 Å². The summed E-state index contributed by atoms with van der Waals surface area (Å²) in [6.07, 6.45) is 2.43. The molecule has 0 radical (unpaired) electrons. The van der Waals surface area contributed by atoms with E-state index in [1.54, 1.807) is 13.2 Å². The van der Waals surface area contributed by atoms with E-state index in [1.807, 2.05) is 24.3 Å². The van der Waals surface area contributed by atoms with Crippen molar-refractivity contribution in [3.63, 3.8) is 0 Å². The zero-order valence-electron chi connectivity index (χ0n) is 11.3. The van der Waals surface area contributed by atoms with Gasteiger partial charge in [0.05, 0.1) is 12.8 Å². The zero-order valence-corrected chi connectivity index (χ0v) is 11.3. The Morgan fingerprint density at radius 3 is 3.00 bits per heavy atom. The summed E-state index contributed by atoms with van der Waals surface area (Å²) in [4.78, 5) is 19.0. The monoisotopic (exact) mass is 271 g/mol. The van der Waals surface area contributed by atoms with Gasteiger partial charge in [0.15, 0.2) is 0 Å². The molecule has 1 fully saturated rings. The number of hydrogen-bond acceptors (Lipinski definition) is 4. The molecule has 3 rings (SSSR count). The summed E-state index contributed by atoms with van der Waals surface area (Å²) in [7, 11) is 1.62. The van der Waals surface area contributed by atoms with E-state index in [9.17, 15) is 4.79 Å². The SMILES string of the molecule is COc1cccc(-c2nc(CNC3CC3)cc(=O)[nH]2)c1. The molecule has 20 heavy (non-hydrogen) atoms. The fourth-order valence-electron chi connectivity index (χ4n) is 2.04. The van der Waals surface area contributed by atoms with Crippen molar-refractivity contribution in [2.75, 3.05) is 7.11 Å². The number of aromatic nitrogens is 2. The van der Waals surface area contributed by atoms with Gasteiger partial charge in [0, 0.05) is 24.2 Å². The number of hydrogen-bond donors (Lipinski definition) is 2. The topological polar surface area (TPSA) is 67.0 Å². The van der Waals surface area contributed by atoms with Crippen LogP contribution >= 0.6 is 0 Å². The van der Waals surface area contributed by atoms with Crippen LogP contribution in [0.15, 0.2) is 35.1 Å². The maximum Gasteiger partial charge on any atom is 0.251 e. The Kier molecular flexibility index (Phi) is 3.52.